The van der Waals surface area contributed by atoms with E-state index in [9.17, 15) is 0 Å². The monoisotopic (exact) mass is 326 g/mol. The molecule has 1 saturated carbocycles. The molecule has 0 aromatic carbocycles. The molecule has 1 aromatic heterocycles. The maximum Gasteiger partial charge on any atom is 0.224 e. The van der Waals surface area contributed by atoms with E-state index in [-0.39, 0.29) is 0 Å². The molecule has 1 aromatic rings. The van der Waals surface area contributed by atoms with Crippen LogP contribution in [0.25, 0.3) is 0 Å². The Kier molecular flexibility index (Phi) is 5.43. The zero-order chi connectivity index (χ0) is 13.7. The second-order valence-corrected chi connectivity index (χ2v) is 6.04. The molecule has 1 aliphatic carbocycles. The van der Waals surface area contributed by atoms with Gasteiger partial charge < -0.3 is 10.2 Å². The van der Waals surface area contributed by atoms with Crippen LogP contribution in [0, 0.1) is 5.92 Å². The van der Waals surface area contributed by atoms with E-state index in [1.807, 2.05) is 6.20 Å². The average Bonchev–Trinajstić information content (AvgIpc) is 3.21. The van der Waals surface area contributed by atoms with Crippen molar-refractivity contribution in [1.82, 2.24) is 9.97 Å². The van der Waals surface area contributed by atoms with Gasteiger partial charge in [0.1, 0.15) is 5.82 Å². The van der Waals surface area contributed by atoms with Crippen molar-refractivity contribution in [3.05, 3.63) is 10.7 Å². The molecule has 1 aliphatic rings. The van der Waals surface area contributed by atoms with E-state index in [1.54, 1.807) is 0 Å². The average molecular weight is 327 g/mol. The maximum absolute atomic E-state index is 4.67. The molecule has 2 rings (SSSR count). The summed E-state index contributed by atoms with van der Waals surface area (Å²) in [5.74, 6) is 2.62. The molecule has 5 heteroatoms. The molecule has 0 unspecified atom stereocenters. The SMILES string of the molecule is CCCNc1ncc(Br)c(N(CCC)CC2CC2)n1. The summed E-state index contributed by atoms with van der Waals surface area (Å²) in [7, 11) is 0. The Hall–Kier alpha value is -0.840. The van der Waals surface area contributed by atoms with Crippen molar-refractivity contribution >= 4 is 27.7 Å². The van der Waals surface area contributed by atoms with Crippen molar-refractivity contribution in [2.75, 3.05) is 29.9 Å². The van der Waals surface area contributed by atoms with Crippen molar-refractivity contribution in [3.63, 3.8) is 0 Å². The second kappa shape index (κ2) is 7.08. The van der Waals surface area contributed by atoms with Crippen LogP contribution in [0.4, 0.5) is 11.8 Å². The largest absolute Gasteiger partial charge is 0.355 e. The Labute approximate surface area is 124 Å². The van der Waals surface area contributed by atoms with Gasteiger partial charge in [0.2, 0.25) is 5.95 Å². The number of hydrogen-bond donors (Lipinski definition) is 1. The Morgan fingerprint density at radius 2 is 2.16 bits per heavy atom. The Morgan fingerprint density at radius 1 is 1.37 bits per heavy atom. The highest BCUT2D eigenvalue weighted by Crippen LogP contribution is 2.33. The van der Waals surface area contributed by atoms with Crippen LogP contribution in [0.15, 0.2) is 10.7 Å². The molecule has 1 N–H and O–H groups in total. The minimum absolute atomic E-state index is 0.733. The van der Waals surface area contributed by atoms with Crippen molar-refractivity contribution in [2.45, 2.75) is 39.5 Å². The molecule has 1 heterocycles. The molecule has 0 radical (unpaired) electrons. The summed E-state index contributed by atoms with van der Waals surface area (Å²) in [4.78, 5) is 11.4. The first-order chi connectivity index (χ1) is 9.24. The molecule has 0 atom stereocenters. The summed E-state index contributed by atoms with van der Waals surface area (Å²) in [6, 6.07) is 0. The molecular weight excluding hydrogens is 304 g/mol. The third kappa shape index (κ3) is 4.34. The molecule has 106 valence electrons. The van der Waals surface area contributed by atoms with Gasteiger partial charge in [-0.15, -0.1) is 0 Å². The maximum atomic E-state index is 4.67. The lowest BCUT2D eigenvalue weighted by Gasteiger charge is -2.24. The highest BCUT2D eigenvalue weighted by molar-refractivity contribution is 9.10. The predicted molar refractivity (Wildman–Crippen MR) is 83.7 cm³/mol. The number of rotatable bonds is 8. The number of nitrogens with zero attached hydrogens (tertiary/aromatic N) is 3. The van der Waals surface area contributed by atoms with Crippen molar-refractivity contribution in [1.29, 1.82) is 0 Å². The fraction of sp³-hybridized carbons (Fsp3) is 0.714. The summed E-state index contributed by atoms with van der Waals surface area (Å²) in [5, 5.41) is 3.26. The van der Waals surface area contributed by atoms with Gasteiger partial charge in [0.25, 0.3) is 0 Å². The lowest BCUT2D eigenvalue weighted by Crippen LogP contribution is -2.28. The van der Waals surface area contributed by atoms with Crippen LogP contribution in [0.2, 0.25) is 0 Å². The topological polar surface area (TPSA) is 41.1 Å². The quantitative estimate of drug-likeness (QED) is 0.791. The van der Waals surface area contributed by atoms with E-state index in [4.69, 9.17) is 0 Å². The van der Waals surface area contributed by atoms with Gasteiger partial charge in [0, 0.05) is 25.8 Å². The molecule has 0 amide bonds. The number of nitrogens with one attached hydrogen (secondary N) is 1. The highest BCUT2D eigenvalue weighted by Gasteiger charge is 2.25. The lowest BCUT2D eigenvalue weighted by molar-refractivity contribution is 0.696. The highest BCUT2D eigenvalue weighted by atomic mass is 79.9. The van der Waals surface area contributed by atoms with Crippen LogP contribution in [-0.4, -0.2) is 29.6 Å². The molecule has 19 heavy (non-hydrogen) atoms. The summed E-state index contributed by atoms with van der Waals surface area (Å²) >= 11 is 3.59. The first-order valence-corrected chi connectivity index (χ1v) is 8.05. The van der Waals surface area contributed by atoms with E-state index in [0.29, 0.717) is 0 Å². The Bertz CT molecular complexity index is 406. The molecule has 0 aliphatic heterocycles. The van der Waals surface area contributed by atoms with Crippen LogP contribution in [0.5, 0.6) is 0 Å². The number of aromatic nitrogens is 2. The Balaban J connectivity index is 2.13. The number of hydrogen-bond acceptors (Lipinski definition) is 4. The summed E-state index contributed by atoms with van der Waals surface area (Å²) < 4.78 is 0.989. The van der Waals surface area contributed by atoms with Crippen LogP contribution < -0.4 is 10.2 Å². The van der Waals surface area contributed by atoms with Gasteiger partial charge in [0.05, 0.1) is 4.47 Å². The van der Waals surface area contributed by atoms with Gasteiger partial charge in [0.15, 0.2) is 0 Å². The van der Waals surface area contributed by atoms with Gasteiger partial charge >= 0.3 is 0 Å². The fourth-order valence-corrected chi connectivity index (χ4v) is 2.51. The summed E-state index contributed by atoms with van der Waals surface area (Å²) in [5.41, 5.74) is 0. The smallest absolute Gasteiger partial charge is 0.224 e. The zero-order valence-electron chi connectivity index (χ0n) is 11.8. The van der Waals surface area contributed by atoms with Crippen LogP contribution in [0.1, 0.15) is 39.5 Å². The van der Waals surface area contributed by atoms with Gasteiger partial charge in [-0.05, 0) is 47.5 Å². The zero-order valence-corrected chi connectivity index (χ0v) is 13.4. The first-order valence-electron chi connectivity index (χ1n) is 7.26. The summed E-state index contributed by atoms with van der Waals surface area (Å²) in [6.45, 7) is 7.45. The van der Waals surface area contributed by atoms with E-state index < -0.39 is 0 Å². The molecular formula is C14H23BrN4. The number of halogens is 1. The predicted octanol–water partition coefficient (Wildman–Crippen LogP) is 3.69. The van der Waals surface area contributed by atoms with E-state index in [0.717, 1.165) is 54.6 Å². The van der Waals surface area contributed by atoms with Gasteiger partial charge in [-0.25, -0.2) is 4.98 Å². The standard InChI is InChI=1S/C14H23BrN4/c1-3-7-16-14-17-9-12(15)13(18-14)19(8-4-2)10-11-5-6-11/h9,11H,3-8,10H2,1-2H3,(H,16,17,18). The normalized spacial score (nSPS) is 14.5. The molecule has 0 spiro atoms. The third-order valence-corrected chi connectivity index (χ3v) is 3.79. The second-order valence-electron chi connectivity index (χ2n) is 5.18. The molecule has 0 bridgehead atoms. The molecule has 4 nitrogen and oxygen atoms in total. The minimum atomic E-state index is 0.733. The fourth-order valence-electron chi connectivity index (χ4n) is 2.07. The first kappa shape index (κ1) is 14.6. The van der Waals surface area contributed by atoms with Gasteiger partial charge in [-0.2, -0.15) is 4.98 Å². The molecule has 0 saturated heterocycles. The van der Waals surface area contributed by atoms with Crippen LogP contribution in [-0.2, 0) is 0 Å². The van der Waals surface area contributed by atoms with E-state index in [2.05, 4.69) is 50.0 Å². The van der Waals surface area contributed by atoms with Crippen molar-refractivity contribution in [2.24, 2.45) is 5.92 Å². The van der Waals surface area contributed by atoms with Crippen LogP contribution in [0.3, 0.4) is 0 Å². The van der Waals surface area contributed by atoms with E-state index in [1.165, 1.54) is 12.8 Å². The lowest BCUT2D eigenvalue weighted by atomic mass is 10.3. The third-order valence-electron chi connectivity index (χ3n) is 3.23. The minimum Gasteiger partial charge on any atom is -0.355 e. The van der Waals surface area contributed by atoms with Gasteiger partial charge in [-0.3, -0.25) is 0 Å². The summed E-state index contributed by atoms with van der Waals surface area (Å²) in [6.07, 6.45) is 6.81. The van der Waals surface area contributed by atoms with Crippen molar-refractivity contribution < 1.29 is 0 Å². The van der Waals surface area contributed by atoms with Gasteiger partial charge in [-0.1, -0.05) is 13.8 Å². The van der Waals surface area contributed by atoms with E-state index >= 15 is 0 Å². The Morgan fingerprint density at radius 3 is 2.79 bits per heavy atom. The van der Waals surface area contributed by atoms with Crippen molar-refractivity contribution in [3.8, 4) is 0 Å². The van der Waals surface area contributed by atoms with Crippen LogP contribution >= 0.6 is 15.9 Å². The number of anilines is 2. The molecule has 1 fully saturated rings.